The van der Waals surface area contributed by atoms with Crippen LogP contribution in [0.5, 0.6) is 11.5 Å². The molecule has 0 bridgehead atoms. The van der Waals surface area contributed by atoms with Gasteiger partial charge in [0, 0.05) is 6.04 Å². The van der Waals surface area contributed by atoms with Crippen LogP contribution in [-0.2, 0) is 11.2 Å². The fraction of sp³-hybridized carbons (Fsp3) is 0.562. The molecule has 1 fully saturated rings. The lowest BCUT2D eigenvalue weighted by atomic mass is 9.99. The van der Waals surface area contributed by atoms with Crippen LogP contribution in [0.2, 0.25) is 0 Å². The van der Waals surface area contributed by atoms with Crippen LogP contribution in [0, 0.1) is 5.92 Å². The number of hydrogen-bond donors (Lipinski definition) is 4. The highest BCUT2D eigenvalue weighted by molar-refractivity contribution is 5.82. The summed E-state index contributed by atoms with van der Waals surface area (Å²) in [5.74, 6) is 0.0203. The molecule has 5 heteroatoms. The van der Waals surface area contributed by atoms with Crippen LogP contribution >= 0.6 is 0 Å². The number of carbonyl (C=O) groups excluding carboxylic acids is 1. The van der Waals surface area contributed by atoms with Crippen molar-refractivity contribution in [1.82, 2.24) is 5.32 Å². The van der Waals surface area contributed by atoms with Crippen LogP contribution in [0.15, 0.2) is 18.2 Å². The van der Waals surface area contributed by atoms with E-state index < -0.39 is 6.04 Å². The highest BCUT2D eigenvalue weighted by Crippen LogP contribution is 2.28. The van der Waals surface area contributed by atoms with E-state index in [1.165, 1.54) is 37.8 Å². The summed E-state index contributed by atoms with van der Waals surface area (Å²) in [6.45, 7) is 2.03. The summed E-state index contributed by atoms with van der Waals surface area (Å²) in [6, 6.07) is 3.99. The first kappa shape index (κ1) is 15.6. The second-order valence-electron chi connectivity index (χ2n) is 5.98. The maximum absolute atomic E-state index is 12.1. The number of carbonyl (C=O) groups is 1. The Bertz CT molecular complexity index is 498. The Morgan fingerprint density at radius 1 is 1.33 bits per heavy atom. The highest BCUT2D eigenvalue weighted by Gasteiger charge is 2.24. The molecule has 1 saturated carbocycles. The molecule has 1 aromatic carbocycles. The monoisotopic (exact) mass is 292 g/mol. The van der Waals surface area contributed by atoms with Gasteiger partial charge < -0.3 is 21.3 Å². The number of benzene rings is 1. The maximum Gasteiger partial charge on any atom is 0.237 e. The first-order valence-electron chi connectivity index (χ1n) is 7.54. The van der Waals surface area contributed by atoms with E-state index in [2.05, 4.69) is 5.32 Å². The standard InChI is InChI=1S/C16H24N2O3/c1-10(12-4-2-3-5-12)18-16(21)13(17)8-11-6-7-14(19)15(20)9-11/h6-7,9-10,12-13,19-20H,2-5,8,17H2,1H3,(H,18,21)/t10-,13-/m0/s1. The largest absolute Gasteiger partial charge is 0.504 e. The van der Waals surface area contributed by atoms with Gasteiger partial charge in [0.25, 0.3) is 0 Å². The number of nitrogens with one attached hydrogen (secondary N) is 1. The molecule has 2 atom stereocenters. The van der Waals surface area contributed by atoms with E-state index in [4.69, 9.17) is 5.73 Å². The molecule has 5 nitrogen and oxygen atoms in total. The van der Waals surface area contributed by atoms with Crippen LogP contribution in [0.4, 0.5) is 0 Å². The Morgan fingerprint density at radius 3 is 2.62 bits per heavy atom. The van der Waals surface area contributed by atoms with E-state index in [0.717, 1.165) is 5.56 Å². The second kappa shape index (κ2) is 6.80. The summed E-state index contributed by atoms with van der Waals surface area (Å²) in [4.78, 5) is 12.1. The molecule has 0 aromatic heterocycles. The van der Waals surface area contributed by atoms with Gasteiger partial charge in [-0.3, -0.25) is 4.79 Å². The number of amides is 1. The molecule has 0 radical (unpaired) electrons. The number of phenolic OH excluding ortho intramolecular Hbond substituents is 2. The van der Waals surface area contributed by atoms with Crippen molar-refractivity contribution in [2.75, 3.05) is 0 Å². The molecule has 1 amide bonds. The summed E-state index contributed by atoms with van der Waals surface area (Å²) in [5, 5.41) is 21.7. The molecule has 0 spiro atoms. The molecule has 0 saturated heterocycles. The van der Waals surface area contributed by atoms with Gasteiger partial charge in [0.15, 0.2) is 11.5 Å². The maximum atomic E-state index is 12.1. The minimum Gasteiger partial charge on any atom is -0.504 e. The number of phenols is 2. The summed E-state index contributed by atoms with van der Waals surface area (Å²) in [7, 11) is 0. The molecule has 0 unspecified atom stereocenters. The lowest BCUT2D eigenvalue weighted by molar-refractivity contribution is -0.123. The molecule has 1 aromatic rings. The molecule has 116 valence electrons. The second-order valence-corrected chi connectivity index (χ2v) is 5.98. The molecule has 5 N–H and O–H groups in total. The summed E-state index contributed by atoms with van der Waals surface area (Å²) >= 11 is 0. The summed E-state index contributed by atoms with van der Waals surface area (Å²) < 4.78 is 0. The molecule has 0 aliphatic heterocycles. The van der Waals surface area contributed by atoms with Gasteiger partial charge in [-0.1, -0.05) is 18.9 Å². The average Bonchev–Trinajstić information content (AvgIpc) is 2.97. The normalized spacial score (nSPS) is 18.4. The van der Waals surface area contributed by atoms with Crippen LogP contribution in [0.1, 0.15) is 38.2 Å². The van der Waals surface area contributed by atoms with Gasteiger partial charge in [-0.05, 0) is 49.8 Å². The Hall–Kier alpha value is -1.75. The Kier molecular flexibility index (Phi) is 5.07. The van der Waals surface area contributed by atoms with Crippen molar-refractivity contribution in [1.29, 1.82) is 0 Å². The van der Waals surface area contributed by atoms with E-state index in [-0.39, 0.29) is 23.4 Å². The van der Waals surface area contributed by atoms with Crippen molar-refractivity contribution in [2.45, 2.75) is 51.1 Å². The van der Waals surface area contributed by atoms with Crippen molar-refractivity contribution in [3.8, 4) is 11.5 Å². The third-order valence-electron chi connectivity index (χ3n) is 4.31. The minimum atomic E-state index is -0.655. The summed E-state index contributed by atoms with van der Waals surface area (Å²) in [6.07, 6.45) is 5.15. The van der Waals surface area contributed by atoms with Crippen LogP contribution in [0.25, 0.3) is 0 Å². The zero-order chi connectivity index (χ0) is 15.4. The molecule has 21 heavy (non-hydrogen) atoms. The minimum absolute atomic E-state index is 0.152. The molecule has 2 rings (SSSR count). The quantitative estimate of drug-likeness (QED) is 0.621. The topological polar surface area (TPSA) is 95.6 Å². The third-order valence-corrected chi connectivity index (χ3v) is 4.31. The van der Waals surface area contributed by atoms with E-state index in [9.17, 15) is 15.0 Å². The Labute approximate surface area is 125 Å². The van der Waals surface area contributed by atoms with Crippen LogP contribution in [0.3, 0.4) is 0 Å². The Balaban J connectivity index is 1.88. The van der Waals surface area contributed by atoms with Gasteiger partial charge in [0.2, 0.25) is 5.91 Å². The lowest BCUT2D eigenvalue weighted by Crippen LogP contribution is -2.47. The van der Waals surface area contributed by atoms with E-state index in [1.807, 2.05) is 6.92 Å². The molecule has 1 aliphatic rings. The predicted octanol–water partition coefficient (Wildman–Crippen LogP) is 1.66. The molecular formula is C16H24N2O3. The smallest absolute Gasteiger partial charge is 0.237 e. The van der Waals surface area contributed by atoms with Gasteiger partial charge in [-0.2, -0.15) is 0 Å². The van der Waals surface area contributed by atoms with Crippen molar-refractivity contribution in [3.63, 3.8) is 0 Å². The van der Waals surface area contributed by atoms with Crippen LogP contribution < -0.4 is 11.1 Å². The fourth-order valence-corrected chi connectivity index (χ4v) is 2.95. The van der Waals surface area contributed by atoms with Crippen molar-refractivity contribution in [3.05, 3.63) is 23.8 Å². The third kappa shape index (κ3) is 4.11. The molecule has 0 heterocycles. The van der Waals surface area contributed by atoms with Crippen molar-refractivity contribution >= 4 is 5.91 Å². The van der Waals surface area contributed by atoms with Gasteiger partial charge >= 0.3 is 0 Å². The fourth-order valence-electron chi connectivity index (χ4n) is 2.95. The first-order chi connectivity index (χ1) is 9.97. The number of rotatable bonds is 5. The number of nitrogens with two attached hydrogens (primary N) is 1. The zero-order valence-corrected chi connectivity index (χ0v) is 12.4. The number of hydrogen-bond acceptors (Lipinski definition) is 4. The molecule has 1 aliphatic carbocycles. The number of aromatic hydroxyl groups is 2. The van der Waals surface area contributed by atoms with Gasteiger partial charge in [-0.15, -0.1) is 0 Å². The summed E-state index contributed by atoms with van der Waals surface area (Å²) in [5.41, 5.74) is 6.65. The van der Waals surface area contributed by atoms with Crippen LogP contribution in [-0.4, -0.2) is 28.2 Å². The average molecular weight is 292 g/mol. The van der Waals surface area contributed by atoms with E-state index >= 15 is 0 Å². The molecular weight excluding hydrogens is 268 g/mol. The Morgan fingerprint density at radius 2 is 2.00 bits per heavy atom. The highest BCUT2D eigenvalue weighted by atomic mass is 16.3. The van der Waals surface area contributed by atoms with E-state index in [0.29, 0.717) is 12.3 Å². The zero-order valence-electron chi connectivity index (χ0n) is 12.4. The van der Waals surface area contributed by atoms with Gasteiger partial charge in [0.1, 0.15) is 0 Å². The van der Waals surface area contributed by atoms with Crippen molar-refractivity contribution in [2.24, 2.45) is 11.7 Å². The van der Waals surface area contributed by atoms with Crippen molar-refractivity contribution < 1.29 is 15.0 Å². The van der Waals surface area contributed by atoms with Gasteiger partial charge in [0.05, 0.1) is 6.04 Å². The first-order valence-corrected chi connectivity index (χ1v) is 7.54. The lowest BCUT2D eigenvalue weighted by Gasteiger charge is -2.22. The predicted molar refractivity (Wildman–Crippen MR) is 81.0 cm³/mol. The van der Waals surface area contributed by atoms with E-state index in [1.54, 1.807) is 6.07 Å². The SMILES string of the molecule is C[C@H](NC(=O)[C@@H](N)Cc1ccc(O)c(O)c1)C1CCCC1. The van der Waals surface area contributed by atoms with Gasteiger partial charge in [-0.25, -0.2) is 0 Å².